The highest BCUT2D eigenvalue weighted by molar-refractivity contribution is 5.68. The molecular formula is C11H22N2O2. The van der Waals surface area contributed by atoms with E-state index in [1.165, 1.54) is 0 Å². The summed E-state index contributed by atoms with van der Waals surface area (Å²) in [4.78, 5) is 13.6. The molecule has 0 aromatic rings. The predicted molar refractivity (Wildman–Crippen MR) is 59.9 cm³/mol. The average molecular weight is 214 g/mol. The number of amides is 1. The first kappa shape index (κ1) is 12.3. The van der Waals surface area contributed by atoms with Crippen molar-refractivity contribution in [2.45, 2.75) is 52.3 Å². The van der Waals surface area contributed by atoms with E-state index in [1.807, 2.05) is 27.7 Å². The van der Waals surface area contributed by atoms with Crippen molar-refractivity contribution in [3.63, 3.8) is 0 Å². The Balaban J connectivity index is 2.59. The monoisotopic (exact) mass is 214 g/mol. The largest absolute Gasteiger partial charge is 0.444 e. The summed E-state index contributed by atoms with van der Waals surface area (Å²) in [7, 11) is 0. The lowest BCUT2D eigenvalue weighted by atomic mass is 10.1. The summed E-state index contributed by atoms with van der Waals surface area (Å²) >= 11 is 0. The van der Waals surface area contributed by atoms with Crippen molar-refractivity contribution >= 4 is 6.09 Å². The molecule has 1 rings (SSSR count). The minimum Gasteiger partial charge on any atom is -0.444 e. The molecule has 1 N–H and O–H groups in total. The molecule has 88 valence electrons. The van der Waals surface area contributed by atoms with Crippen LogP contribution in [0, 0.1) is 0 Å². The molecule has 1 heterocycles. The first-order valence-corrected chi connectivity index (χ1v) is 5.54. The highest BCUT2D eigenvalue weighted by Gasteiger charge is 2.31. The van der Waals surface area contributed by atoms with Gasteiger partial charge < -0.3 is 15.0 Å². The topological polar surface area (TPSA) is 41.6 Å². The van der Waals surface area contributed by atoms with Crippen LogP contribution >= 0.6 is 0 Å². The number of hydrogen-bond acceptors (Lipinski definition) is 3. The van der Waals surface area contributed by atoms with Crippen molar-refractivity contribution in [2.75, 3.05) is 13.1 Å². The molecule has 1 aliphatic rings. The van der Waals surface area contributed by atoms with Gasteiger partial charge in [-0.3, -0.25) is 0 Å². The summed E-state index contributed by atoms with van der Waals surface area (Å²) in [5.74, 6) is 0. The third-order valence-corrected chi connectivity index (χ3v) is 2.66. The number of ether oxygens (including phenoxy) is 1. The lowest BCUT2D eigenvalue weighted by molar-refractivity contribution is 0.00927. The van der Waals surface area contributed by atoms with E-state index in [4.69, 9.17) is 4.74 Å². The van der Waals surface area contributed by atoms with Crippen LogP contribution in [0.4, 0.5) is 4.79 Å². The first-order chi connectivity index (χ1) is 6.81. The molecule has 0 radical (unpaired) electrons. The molecule has 4 nitrogen and oxygen atoms in total. The zero-order chi connectivity index (χ0) is 11.6. The Morgan fingerprint density at radius 3 is 2.53 bits per heavy atom. The fraction of sp³-hybridized carbons (Fsp3) is 0.909. The van der Waals surface area contributed by atoms with Crippen LogP contribution in [-0.4, -0.2) is 41.8 Å². The Bertz CT molecular complexity index is 235. The number of hydrogen-bond donors (Lipinski definition) is 1. The SMILES string of the molecule is C[C@@H]1[C@@H](C)NCCN1C(=O)OC(C)(C)C. The average Bonchev–Trinajstić information content (AvgIpc) is 2.06. The first-order valence-electron chi connectivity index (χ1n) is 5.54. The smallest absolute Gasteiger partial charge is 0.410 e. The lowest BCUT2D eigenvalue weighted by Gasteiger charge is -2.39. The number of piperazine rings is 1. The van der Waals surface area contributed by atoms with E-state index in [2.05, 4.69) is 12.2 Å². The van der Waals surface area contributed by atoms with Crippen LogP contribution < -0.4 is 5.32 Å². The predicted octanol–water partition coefficient (Wildman–Crippen LogP) is 1.60. The summed E-state index contributed by atoms with van der Waals surface area (Å²) in [6, 6.07) is 0.514. The van der Waals surface area contributed by atoms with Gasteiger partial charge in [0.05, 0.1) is 0 Å². The zero-order valence-corrected chi connectivity index (χ0v) is 10.3. The van der Waals surface area contributed by atoms with E-state index in [0.717, 1.165) is 13.1 Å². The van der Waals surface area contributed by atoms with Gasteiger partial charge in [-0.25, -0.2) is 4.79 Å². The maximum atomic E-state index is 11.8. The van der Waals surface area contributed by atoms with Crippen molar-refractivity contribution in [3.05, 3.63) is 0 Å². The van der Waals surface area contributed by atoms with Crippen LogP contribution in [0.15, 0.2) is 0 Å². The summed E-state index contributed by atoms with van der Waals surface area (Å²) in [5.41, 5.74) is -0.412. The van der Waals surface area contributed by atoms with Gasteiger partial charge in [0.1, 0.15) is 5.60 Å². The molecule has 1 saturated heterocycles. The van der Waals surface area contributed by atoms with Crippen LogP contribution in [0.2, 0.25) is 0 Å². The molecule has 0 aromatic carbocycles. The summed E-state index contributed by atoms with van der Waals surface area (Å²) in [6.07, 6.45) is -0.205. The molecule has 0 aromatic heterocycles. The molecule has 0 unspecified atom stereocenters. The van der Waals surface area contributed by atoms with Gasteiger partial charge in [0, 0.05) is 25.2 Å². The molecule has 15 heavy (non-hydrogen) atoms. The van der Waals surface area contributed by atoms with E-state index >= 15 is 0 Å². The number of nitrogens with zero attached hydrogens (tertiary/aromatic N) is 1. The van der Waals surface area contributed by atoms with E-state index in [9.17, 15) is 4.79 Å². The molecule has 2 atom stereocenters. The van der Waals surface area contributed by atoms with E-state index < -0.39 is 5.60 Å². The summed E-state index contributed by atoms with van der Waals surface area (Å²) in [6.45, 7) is 11.4. The van der Waals surface area contributed by atoms with Gasteiger partial charge in [0.25, 0.3) is 0 Å². The van der Waals surface area contributed by atoms with Gasteiger partial charge in [-0.1, -0.05) is 0 Å². The molecule has 0 aliphatic carbocycles. The highest BCUT2D eigenvalue weighted by atomic mass is 16.6. The second-order valence-electron chi connectivity index (χ2n) is 5.16. The lowest BCUT2D eigenvalue weighted by Crippen LogP contribution is -2.57. The highest BCUT2D eigenvalue weighted by Crippen LogP contribution is 2.15. The molecule has 1 fully saturated rings. The molecule has 1 aliphatic heterocycles. The minimum absolute atomic E-state index is 0.189. The molecule has 4 heteroatoms. The Morgan fingerprint density at radius 2 is 2.00 bits per heavy atom. The van der Waals surface area contributed by atoms with Crippen molar-refractivity contribution in [2.24, 2.45) is 0 Å². The second-order valence-corrected chi connectivity index (χ2v) is 5.16. The molecule has 0 bridgehead atoms. The van der Waals surface area contributed by atoms with E-state index in [0.29, 0.717) is 6.04 Å². The quantitative estimate of drug-likeness (QED) is 0.666. The van der Waals surface area contributed by atoms with Gasteiger partial charge in [0.2, 0.25) is 0 Å². The van der Waals surface area contributed by atoms with Crippen LogP contribution in [0.5, 0.6) is 0 Å². The Hall–Kier alpha value is -0.770. The van der Waals surface area contributed by atoms with Gasteiger partial charge >= 0.3 is 6.09 Å². The van der Waals surface area contributed by atoms with Gasteiger partial charge in [0.15, 0.2) is 0 Å². The van der Waals surface area contributed by atoms with Crippen LogP contribution in [0.1, 0.15) is 34.6 Å². The molecule has 1 amide bonds. The number of rotatable bonds is 0. The number of nitrogens with one attached hydrogen (secondary N) is 1. The van der Waals surface area contributed by atoms with Crippen LogP contribution in [0.3, 0.4) is 0 Å². The summed E-state index contributed by atoms with van der Waals surface area (Å²) < 4.78 is 5.36. The van der Waals surface area contributed by atoms with Crippen LogP contribution in [-0.2, 0) is 4.74 Å². The van der Waals surface area contributed by atoms with Crippen LogP contribution in [0.25, 0.3) is 0 Å². The Kier molecular flexibility index (Phi) is 3.60. The summed E-state index contributed by atoms with van der Waals surface area (Å²) in [5, 5.41) is 3.33. The standard InChI is InChI=1S/C11H22N2O2/c1-8-9(2)13(7-6-12-8)10(14)15-11(3,4)5/h8-9,12H,6-7H2,1-5H3/t8-,9-/m1/s1. The fourth-order valence-corrected chi connectivity index (χ4v) is 1.63. The van der Waals surface area contributed by atoms with E-state index in [-0.39, 0.29) is 12.1 Å². The molecular weight excluding hydrogens is 192 g/mol. The second kappa shape index (κ2) is 4.39. The maximum Gasteiger partial charge on any atom is 0.410 e. The van der Waals surface area contributed by atoms with Crippen molar-refractivity contribution in [1.29, 1.82) is 0 Å². The molecule has 0 spiro atoms. The van der Waals surface area contributed by atoms with Crippen molar-refractivity contribution in [1.82, 2.24) is 10.2 Å². The Morgan fingerprint density at radius 1 is 1.40 bits per heavy atom. The fourth-order valence-electron chi connectivity index (χ4n) is 1.63. The van der Waals surface area contributed by atoms with Crippen molar-refractivity contribution < 1.29 is 9.53 Å². The third-order valence-electron chi connectivity index (χ3n) is 2.66. The number of carbonyl (C=O) groups is 1. The molecule has 0 saturated carbocycles. The normalized spacial score (nSPS) is 27.7. The third kappa shape index (κ3) is 3.38. The van der Waals surface area contributed by atoms with Gasteiger partial charge in [-0.2, -0.15) is 0 Å². The zero-order valence-electron chi connectivity index (χ0n) is 10.3. The van der Waals surface area contributed by atoms with Gasteiger partial charge in [-0.05, 0) is 34.6 Å². The van der Waals surface area contributed by atoms with Gasteiger partial charge in [-0.15, -0.1) is 0 Å². The minimum atomic E-state index is -0.412. The Labute approximate surface area is 92.0 Å². The maximum absolute atomic E-state index is 11.8. The van der Waals surface area contributed by atoms with Crippen molar-refractivity contribution in [3.8, 4) is 0 Å². The van der Waals surface area contributed by atoms with E-state index in [1.54, 1.807) is 4.90 Å². The number of carbonyl (C=O) groups excluding carboxylic acids is 1.